The first kappa shape index (κ1) is 30.6. The van der Waals surface area contributed by atoms with E-state index in [2.05, 4.69) is 0 Å². The Hall–Kier alpha value is -3.98. The first-order chi connectivity index (χ1) is 18.9. The summed E-state index contributed by atoms with van der Waals surface area (Å²) in [5, 5.41) is 18.7. The second kappa shape index (κ2) is 12.9. The van der Waals surface area contributed by atoms with Gasteiger partial charge in [0.25, 0.3) is 0 Å². The monoisotopic (exact) mass is 592 g/mol. The minimum absolute atomic E-state index is 0.112. The Morgan fingerprint density at radius 1 is 0.600 bits per heavy atom. The highest BCUT2D eigenvalue weighted by molar-refractivity contribution is 7.89. The van der Waals surface area contributed by atoms with E-state index in [9.17, 15) is 36.6 Å². The van der Waals surface area contributed by atoms with Crippen LogP contribution in [-0.2, 0) is 42.7 Å². The Morgan fingerprint density at radius 2 is 0.900 bits per heavy atom. The van der Waals surface area contributed by atoms with E-state index in [1.165, 1.54) is 87.0 Å². The summed E-state index contributed by atoms with van der Waals surface area (Å²) in [6.45, 7) is -2.13. The van der Waals surface area contributed by atoms with Crippen molar-refractivity contribution >= 4 is 32.0 Å². The summed E-state index contributed by atoms with van der Waals surface area (Å²) < 4.78 is 64.3. The van der Waals surface area contributed by atoms with Crippen molar-refractivity contribution in [3.8, 4) is 11.5 Å². The highest BCUT2D eigenvalue weighted by Crippen LogP contribution is 2.23. The van der Waals surface area contributed by atoms with Crippen molar-refractivity contribution in [3.63, 3.8) is 0 Å². The van der Waals surface area contributed by atoms with Crippen molar-refractivity contribution in [2.45, 2.75) is 22.9 Å². The molecule has 0 unspecified atom stereocenters. The minimum atomic E-state index is -4.18. The Bertz CT molecular complexity index is 1420. The highest BCUT2D eigenvalue weighted by Gasteiger charge is 2.28. The molecule has 0 radical (unpaired) electrons. The highest BCUT2D eigenvalue weighted by atomic mass is 32.2. The second-order valence-electron chi connectivity index (χ2n) is 8.50. The lowest BCUT2D eigenvalue weighted by atomic mass is 10.1. The largest absolute Gasteiger partial charge is 0.497 e. The van der Waals surface area contributed by atoms with Crippen LogP contribution in [0.25, 0.3) is 0 Å². The fourth-order valence-corrected chi connectivity index (χ4v) is 6.46. The number of carbonyl (C=O) groups is 2. The molecule has 0 aliphatic carbocycles. The summed E-state index contributed by atoms with van der Waals surface area (Å²) in [6, 6.07) is 17.1. The summed E-state index contributed by atoms with van der Waals surface area (Å²) in [6.07, 6.45) is 0. The molecule has 0 spiro atoms. The molecule has 0 aliphatic heterocycles. The molecule has 0 saturated heterocycles. The standard InChI is InChI=1S/C26H28N2O10S2/c1-37-21-7-11-23(12-8-21)39(33,34)27(17-25(29)30)15-19-3-5-20(6-4-19)16-28(18-26(31)32)40(35,36)24-13-9-22(38-2)10-14-24/h3-14H,15-18H2,1-2H3,(H,29,30)(H,31,32). The van der Waals surface area contributed by atoms with Gasteiger partial charge in [0.1, 0.15) is 24.6 Å². The van der Waals surface area contributed by atoms with E-state index in [1.807, 2.05) is 0 Å². The summed E-state index contributed by atoms with van der Waals surface area (Å²) in [7, 11) is -5.50. The van der Waals surface area contributed by atoms with Gasteiger partial charge in [-0.15, -0.1) is 0 Å². The van der Waals surface area contributed by atoms with Crippen LogP contribution in [0.4, 0.5) is 0 Å². The van der Waals surface area contributed by atoms with Gasteiger partial charge in [0.2, 0.25) is 20.0 Å². The number of nitrogens with zero attached hydrogens (tertiary/aromatic N) is 2. The minimum Gasteiger partial charge on any atom is -0.497 e. The Morgan fingerprint density at radius 3 is 1.15 bits per heavy atom. The summed E-state index contributed by atoms with van der Waals surface area (Å²) in [5.41, 5.74) is 0.870. The van der Waals surface area contributed by atoms with E-state index in [4.69, 9.17) is 9.47 Å². The number of benzene rings is 3. The molecule has 0 bridgehead atoms. The average molecular weight is 593 g/mol. The van der Waals surface area contributed by atoms with Crippen molar-refractivity contribution in [3.05, 3.63) is 83.9 Å². The quantitative estimate of drug-likeness (QED) is 0.283. The van der Waals surface area contributed by atoms with Crippen LogP contribution in [0, 0.1) is 0 Å². The second-order valence-corrected chi connectivity index (χ2v) is 12.4. The van der Waals surface area contributed by atoms with Crippen molar-refractivity contribution in [2.75, 3.05) is 27.3 Å². The van der Waals surface area contributed by atoms with E-state index >= 15 is 0 Å². The molecule has 40 heavy (non-hydrogen) atoms. The molecule has 0 heterocycles. The third kappa shape index (κ3) is 7.57. The van der Waals surface area contributed by atoms with Gasteiger partial charge in [-0.3, -0.25) is 9.59 Å². The maximum atomic E-state index is 13.2. The molecule has 0 saturated carbocycles. The predicted octanol–water partition coefficient (Wildman–Crippen LogP) is 2.25. The maximum Gasteiger partial charge on any atom is 0.318 e. The molecule has 214 valence electrons. The number of rotatable bonds is 14. The maximum absolute atomic E-state index is 13.2. The lowest BCUT2D eigenvalue weighted by Gasteiger charge is -2.22. The SMILES string of the molecule is COc1ccc(S(=O)(=O)N(CC(=O)O)Cc2ccc(CN(CC(=O)O)S(=O)(=O)c3ccc(OC)cc3)cc2)cc1. The van der Waals surface area contributed by atoms with Gasteiger partial charge < -0.3 is 19.7 Å². The molecular weight excluding hydrogens is 564 g/mol. The lowest BCUT2D eigenvalue weighted by molar-refractivity contribution is -0.138. The van der Waals surface area contributed by atoms with Gasteiger partial charge in [0.15, 0.2) is 0 Å². The molecule has 14 heteroatoms. The van der Waals surface area contributed by atoms with Crippen LogP contribution >= 0.6 is 0 Å². The summed E-state index contributed by atoms with van der Waals surface area (Å²) >= 11 is 0. The van der Waals surface area contributed by atoms with Crippen molar-refractivity contribution in [1.82, 2.24) is 8.61 Å². The summed E-state index contributed by atoms with van der Waals surface area (Å²) in [4.78, 5) is 22.7. The normalized spacial score (nSPS) is 11.9. The van der Waals surface area contributed by atoms with Crippen molar-refractivity contribution < 1.29 is 46.1 Å². The zero-order valence-electron chi connectivity index (χ0n) is 21.6. The summed E-state index contributed by atoms with van der Waals surface area (Å²) in [5.74, 6) is -1.82. The molecule has 0 amide bonds. The predicted molar refractivity (Wildman–Crippen MR) is 143 cm³/mol. The van der Waals surface area contributed by atoms with E-state index in [0.29, 0.717) is 22.6 Å². The van der Waals surface area contributed by atoms with Crippen LogP contribution in [0.5, 0.6) is 11.5 Å². The topological polar surface area (TPSA) is 168 Å². The molecule has 2 N–H and O–H groups in total. The molecule has 0 atom stereocenters. The van der Waals surface area contributed by atoms with Crippen LogP contribution in [0.3, 0.4) is 0 Å². The zero-order valence-corrected chi connectivity index (χ0v) is 23.3. The van der Waals surface area contributed by atoms with Crippen molar-refractivity contribution in [1.29, 1.82) is 0 Å². The third-order valence-corrected chi connectivity index (χ3v) is 9.37. The van der Waals surface area contributed by atoms with Gasteiger partial charge in [-0.2, -0.15) is 8.61 Å². The van der Waals surface area contributed by atoms with Gasteiger partial charge in [-0.25, -0.2) is 16.8 Å². The lowest BCUT2D eigenvalue weighted by Crippen LogP contribution is -2.35. The third-order valence-electron chi connectivity index (χ3n) is 5.76. The number of sulfonamides is 2. The molecule has 0 aromatic heterocycles. The fourth-order valence-electron chi connectivity index (χ4n) is 3.70. The number of hydrogen-bond donors (Lipinski definition) is 2. The number of ether oxygens (including phenoxy) is 2. The van der Waals surface area contributed by atoms with Crippen LogP contribution in [0.1, 0.15) is 11.1 Å². The first-order valence-corrected chi connectivity index (χ1v) is 14.5. The van der Waals surface area contributed by atoms with Gasteiger partial charge in [0.05, 0.1) is 24.0 Å². The number of carboxylic acids is 2. The van der Waals surface area contributed by atoms with Gasteiger partial charge in [-0.1, -0.05) is 24.3 Å². The van der Waals surface area contributed by atoms with Crippen LogP contribution in [0.2, 0.25) is 0 Å². The van der Waals surface area contributed by atoms with E-state index in [-0.39, 0.29) is 22.9 Å². The Labute approximate surface area is 232 Å². The molecular formula is C26H28N2O10S2. The Balaban J connectivity index is 1.83. The zero-order chi connectivity index (χ0) is 29.5. The van der Waals surface area contributed by atoms with Crippen LogP contribution < -0.4 is 9.47 Å². The number of carboxylic acid groups (broad SMARTS) is 2. The van der Waals surface area contributed by atoms with E-state index in [1.54, 1.807) is 0 Å². The van der Waals surface area contributed by atoms with Gasteiger partial charge in [-0.05, 0) is 59.7 Å². The number of aliphatic carboxylic acids is 2. The van der Waals surface area contributed by atoms with E-state index in [0.717, 1.165) is 8.61 Å². The van der Waals surface area contributed by atoms with E-state index < -0.39 is 45.1 Å². The first-order valence-electron chi connectivity index (χ1n) is 11.7. The van der Waals surface area contributed by atoms with Crippen molar-refractivity contribution in [2.24, 2.45) is 0 Å². The molecule has 3 rings (SSSR count). The fraction of sp³-hybridized carbons (Fsp3) is 0.231. The average Bonchev–Trinajstić information content (AvgIpc) is 2.92. The smallest absolute Gasteiger partial charge is 0.318 e. The van der Waals surface area contributed by atoms with Crippen LogP contribution in [0.15, 0.2) is 82.6 Å². The molecule has 12 nitrogen and oxygen atoms in total. The van der Waals surface area contributed by atoms with Gasteiger partial charge >= 0.3 is 11.9 Å². The number of hydrogen-bond acceptors (Lipinski definition) is 8. The van der Waals surface area contributed by atoms with Crippen LogP contribution in [-0.4, -0.2) is 74.9 Å². The number of methoxy groups -OCH3 is 2. The molecule has 3 aromatic rings. The molecule has 0 fully saturated rings. The molecule has 3 aromatic carbocycles. The van der Waals surface area contributed by atoms with Gasteiger partial charge in [0, 0.05) is 13.1 Å². The Kier molecular flexibility index (Phi) is 9.87. The molecule has 0 aliphatic rings.